The zero-order valence-corrected chi connectivity index (χ0v) is 11.8. The van der Waals surface area contributed by atoms with Crippen molar-refractivity contribution in [1.82, 2.24) is 10.2 Å². The second-order valence-corrected chi connectivity index (χ2v) is 5.24. The van der Waals surface area contributed by atoms with E-state index < -0.39 is 5.92 Å². The van der Waals surface area contributed by atoms with Crippen LogP contribution >= 0.6 is 11.6 Å². The predicted molar refractivity (Wildman–Crippen MR) is 79.1 cm³/mol. The van der Waals surface area contributed by atoms with E-state index in [1.807, 2.05) is 6.07 Å². The van der Waals surface area contributed by atoms with Crippen LogP contribution in [0, 0.1) is 5.92 Å². The molecule has 2 N–H and O–H groups in total. The molecular weight excluding hydrogens is 292 g/mol. The van der Waals surface area contributed by atoms with Crippen molar-refractivity contribution in [3.63, 3.8) is 0 Å². The summed E-state index contributed by atoms with van der Waals surface area (Å²) in [5, 5.41) is 9.60. The Bertz CT molecular complexity index is 671. The Morgan fingerprint density at radius 2 is 2.24 bits per heavy atom. The van der Waals surface area contributed by atoms with Gasteiger partial charge in [-0.15, -0.1) is 0 Å². The van der Waals surface area contributed by atoms with Crippen molar-refractivity contribution >= 4 is 34.8 Å². The average molecular weight is 305 g/mol. The van der Waals surface area contributed by atoms with Gasteiger partial charge in [0.15, 0.2) is 0 Å². The first-order chi connectivity index (χ1) is 10.1. The van der Waals surface area contributed by atoms with Gasteiger partial charge in [0.05, 0.1) is 28.5 Å². The van der Waals surface area contributed by atoms with E-state index in [1.165, 1.54) is 6.20 Å². The van der Waals surface area contributed by atoms with Crippen molar-refractivity contribution in [1.29, 1.82) is 0 Å². The summed E-state index contributed by atoms with van der Waals surface area (Å²) >= 11 is 6.11. The van der Waals surface area contributed by atoms with E-state index in [9.17, 15) is 9.59 Å². The fourth-order valence-corrected chi connectivity index (χ4v) is 2.59. The molecule has 3 rings (SSSR count). The Hall–Kier alpha value is -2.34. The molecule has 0 spiro atoms. The number of carbonyl (C=O) groups is 2. The molecule has 0 saturated carbocycles. The van der Waals surface area contributed by atoms with Crippen LogP contribution < -0.4 is 10.2 Å². The molecule has 0 bridgehead atoms. The summed E-state index contributed by atoms with van der Waals surface area (Å²) in [6, 6.07) is 7.11. The molecule has 0 aliphatic carbocycles. The Morgan fingerprint density at radius 1 is 1.43 bits per heavy atom. The third kappa shape index (κ3) is 2.75. The van der Waals surface area contributed by atoms with Crippen molar-refractivity contribution in [3.8, 4) is 0 Å². The quantitative estimate of drug-likeness (QED) is 0.911. The number of hydrogen-bond donors (Lipinski definition) is 2. The van der Waals surface area contributed by atoms with Gasteiger partial charge in [0.25, 0.3) is 0 Å². The van der Waals surface area contributed by atoms with Gasteiger partial charge < -0.3 is 10.2 Å². The molecule has 1 saturated heterocycles. The molecule has 1 aliphatic rings. The normalized spacial score (nSPS) is 18.0. The van der Waals surface area contributed by atoms with E-state index in [1.54, 1.807) is 29.3 Å². The van der Waals surface area contributed by atoms with E-state index in [0.717, 1.165) is 0 Å². The van der Waals surface area contributed by atoms with Gasteiger partial charge in [-0.05, 0) is 12.1 Å². The van der Waals surface area contributed by atoms with Crippen molar-refractivity contribution in [3.05, 3.63) is 41.7 Å². The number of carbonyl (C=O) groups excluding carboxylic acids is 2. The van der Waals surface area contributed by atoms with Crippen LogP contribution in [0.1, 0.15) is 6.42 Å². The highest BCUT2D eigenvalue weighted by Gasteiger charge is 2.35. The fourth-order valence-electron chi connectivity index (χ4n) is 2.35. The minimum atomic E-state index is -0.399. The number of anilines is 2. The lowest BCUT2D eigenvalue weighted by molar-refractivity contribution is -0.122. The number of rotatable bonds is 3. The van der Waals surface area contributed by atoms with Crippen molar-refractivity contribution in [2.45, 2.75) is 6.42 Å². The van der Waals surface area contributed by atoms with Crippen LogP contribution in [0.4, 0.5) is 11.4 Å². The number of benzene rings is 1. The van der Waals surface area contributed by atoms with Crippen LogP contribution in [0.2, 0.25) is 5.02 Å². The first kappa shape index (κ1) is 13.6. The Balaban J connectivity index is 1.73. The molecular formula is C14H13ClN4O2. The second-order valence-electron chi connectivity index (χ2n) is 4.83. The van der Waals surface area contributed by atoms with Gasteiger partial charge in [0.1, 0.15) is 0 Å². The molecule has 0 radical (unpaired) electrons. The molecule has 1 atom stereocenters. The summed E-state index contributed by atoms with van der Waals surface area (Å²) < 4.78 is 0. The number of H-pyrrole nitrogens is 1. The van der Waals surface area contributed by atoms with Gasteiger partial charge in [-0.3, -0.25) is 14.7 Å². The van der Waals surface area contributed by atoms with E-state index in [-0.39, 0.29) is 18.2 Å². The number of aromatic nitrogens is 2. The van der Waals surface area contributed by atoms with Crippen LogP contribution in [0.5, 0.6) is 0 Å². The summed E-state index contributed by atoms with van der Waals surface area (Å²) in [5.41, 5.74) is 1.23. The van der Waals surface area contributed by atoms with Gasteiger partial charge in [0.2, 0.25) is 11.8 Å². The Labute approximate surface area is 126 Å². The number of aromatic amines is 1. The maximum absolute atomic E-state index is 12.2. The van der Waals surface area contributed by atoms with Crippen molar-refractivity contribution < 1.29 is 9.59 Å². The molecule has 2 heterocycles. The standard InChI is InChI=1S/C14H13ClN4O2/c15-11-3-1-2-4-12(11)19-8-9(5-13(19)20)14(21)18-10-6-16-17-7-10/h1-4,6-7,9H,5,8H2,(H,16,17)(H,18,21). The number of nitrogens with one attached hydrogen (secondary N) is 2. The van der Waals surface area contributed by atoms with E-state index in [4.69, 9.17) is 11.6 Å². The van der Waals surface area contributed by atoms with E-state index in [0.29, 0.717) is 22.9 Å². The lowest BCUT2D eigenvalue weighted by atomic mass is 10.1. The topological polar surface area (TPSA) is 78.1 Å². The largest absolute Gasteiger partial charge is 0.323 e. The first-order valence-electron chi connectivity index (χ1n) is 6.49. The summed E-state index contributed by atoms with van der Waals surface area (Å²) in [6.07, 6.45) is 3.27. The van der Waals surface area contributed by atoms with Crippen molar-refractivity contribution in [2.75, 3.05) is 16.8 Å². The smallest absolute Gasteiger partial charge is 0.229 e. The lowest BCUT2D eigenvalue weighted by Gasteiger charge is -2.17. The maximum Gasteiger partial charge on any atom is 0.229 e. The highest BCUT2D eigenvalue weighted by molar-refractivity contribution is 6.33. The first-order valence-corrected chi connectivity index (χ1v) is 6.87. The molecule has 1 unspecified atom stereocenters. The highest BCUT2D eigenvalue weighted by Crippen LogP contribution is 2.31. The van der Waals surface area contributed by atoms with Gasteiger partial charge in [-0.2, -0.15) is 5.10 Å². The monoisotopic (exact) mass is 304 g/mol. The molecule has 6 nitrogen and oxygen atoms in total. The number of nitrogens with zero attached hydrogens (tertiary/aromatic N) is 2. The Morgan fingerprint density at radius 3 is 2.95 bits per heavy atom. The van der Waals surface area contributed by atoms with Gasteiger partial charge in [0, 0.05) is 19.2 Å². The van der Waals surface area contributed by atoms with Gasteiger partial charge in [-0.1, -0.05) is 23.7 Å². The molecule has 1 aliphatic heterocycles. The van der Waals surface area contributed by atoms with Gasteiger partial charge >= 0.3 is 0 Å². The molecule has 108 valence electrons. The predicted octanol–water partition coefficient (Wildman–Crippen LogP) is 2.05. The molecule has 1 aromatic heterocycles. The number of halogens is 1. The third-order valence-electron chi connectivity index (χ3n) is 3.40. The second kappa shape index (κ2) is 5.57. The zero-order valence-electron chi connectivity index (χ0n) is 11.0. The summed E-state index contributed by atoms with van der Waals surface area (Å²) in [7, 11) is 0. The minimum Gasteiger partial charge on any atom is -0.323 e. The number of amides is 2. The lowest BCUT2D eigenvalue weighted by Crippen LogP contribution is -2.28. The van der Waals surface area contributed by atoms with Crippen LogP contribution in [0.3, 0.4) is 0 Å². The molecule has 1 fully saturated rings. The maximum atomic E-state index is 12.2. The summed E-state index contributed by atoms with van der Waals surface area (Å²) in [6.45, 7) is 0.326. The van der Waals surface area contributed by atoms with Crippen LogP contribution in [-0.4, -0.2) is 28.6 Å². The zero-order chi connectivity index (χ0) is 14.8. The number of hydrogen-bond acceptors (Lipinski definition) is 3. The fraction of sp³-hybridized carbons (Fsp3) is 0.214. The summed E-state index contributed by atoms with van der Waals surface area (Å²) in [5.74, 6) is -0.696. The SMILES string of the molecule is O=C(Nc1cn[nH]c1)C1CC(=O)N(c2ccccc2Cl)C1. The number of para-hydroxylation sites is 1. The molecule has 21 heavy (non-hydrogen) atoms. The van der Waals surface area contributed by atoms with Crippen LogP contribution in [0.15, 0.2) is 36.7 Å². The van der Waals surface area contributed by atoms with Gasteiger partial charge in [-0.25, -0.2) is 0 Å². The van der Waals surface area contributed by atoms with E-state index in [2.05, 4.69) is 15.5 Å². The molecule has 7 heteroatoms. The molecule has 2 amide bonds. The third-order valence-corrected chi connectivity index (χ3v) is 3.72. The van der Waals surface area contributed by atoms with Crippen molar-refractivity contribution in [2.24, 2.45) is 5.92 Å². The molecule has 1 aromatic carbocycles. The minimum absolute atomic E-state index is 0.101. The summed E-state index contributed by atoms with van der Waals surface area (Å²) in [4.78, 5) is 25.8. The molecule has 2 aromatic rings. The van der Waals surface area contributed by atoms with Crippen LogP contribution in [0.25, 0.3) is 0 Å². The highest BCUT2D eigenvalue weighted by atomic mass is 35.5. The van der Waals surface area contributed by atoms with Crippen LogP contribution in [-0.2, 0) is 9.59 Å². The average Bonchev–Trinajstić information content (AvgIpc) is 3.09. The Kier molecular flexibility index (Phi) is 3.62. The van der Waals surface area contributed by atoms with E-state index >= 15 is 0 Å².